The maximum absolute atomic E-state index is 5.33. The molecule has 1 fully saturated rings. The van der Waals surface area contributed by atoms with Gasteiger partial charge in [0, 0.05) is 25.2 Å². The van der Waals surface area contributed by atoms with Crippen LogP contribution in [0.15, 0.2) is 18.2 Å². The molecule has 1 atom stereocenters. The van der Waals surface area contributed by atoms with Gasteiger partial charge in [-0.25, -0.2) is 0 Å². The van der Waals surface area contributed by atoms with Crippen molar-refractivity contribution in [2.45, 2.75) is 44.2 Å². The second-order valence-corrected chi connectivity index (χ2v) is 6.18. The van der Waals surface area contributed by atoms with E-state index in [0.717, 1.165) is 24.9 Å². The summed E-state index contributed by atoms with van der Waals surface area (Å²) in [5.74, 6) is 0.984. The Hall–Kier alpha value is -1.06. The molecular weight excluding hydrogens is 248 g/mol. The topological polar surface area (TPSA) is 24.5 Å². The molecule has 3 heteroatoms. The average molecular weight is 274 g/mol. The Balaban J connectivity index is 1.58. The van der Waals surface area contributed by atoms with Crippen LogP contribution < -0.4 is 10.1 Å². The number of hydrogen-bond donors (Lipinski definition) is 1. The van der Waals surface area contributed by atoms with Gasteiger partial charge in [-0.3, -0.25) is 0 Å². The van der Waals surface area contributed by atoms with Gasteiger partial charge in [-0.05, 0) is 62.4 Å². The van der Waals surface area contributed by atoms with Crippen LogP contribution in [0.2, 0.25) is 0 Å². The largest absolute Gasteiger partial charge is 0.497 e. The third kappa shape index (κ3) is 3.15. The number of rotatable bonds is 6. The molecule has 1 aromatic rings. The second kappa shape index (κ2) is 6.15. The van der Waals surface area contributed by atoms with E-state index in [2.05, 4.69) is 35.5 Å². The lowest BCUT2D eigenvalue weighted by atomic mass is 9.87. The third-order valence-electron chi connectivity index (χ3n) is 4.69. The summed E-state index contributed by atoms with van der Waals surface area (Å²) < 4.78 is 5.33. The van der Waals surface area contributed by atoms with Crippen molar-refractivity contribution < 1.29 is 4.74 Å². The first-order valence-electron chi connectivity index (χ1n) is 7.88. The highest BCUT2D eigenvalue weighted by molar-refractivity contribution is 5.39. The number of fused-ring (bicyclic) bond motifs is 1. The average Bonchev–Trinajstić information content (AvgIpc) is 3.31. The summed E-state index contributed by atoms with van der Waals surface area (Å²) in [7, 11) is 3.99. The van der Waals surface area contributed by atoms with Crippen molar-refractivity contribution in [3.63, 3.8) is 0 Å². The van der Waals surface area contributed by atoms with E-state index >= 15 is 0 Å². The quantitative estimate of drug-likeness (QED) is 0.863. The zero-order valence-corrected chi connectivity index (χ0v) is 12.7. The number of benzene rings is 1. The molecule has 0 spiro atoms. The standard InChI is InChI=1S/C17H26N2O/c1-19(14-6-7-14)11-10-18-17-5-3-4-13-12-15(20-2)8-9-16(13)17/h8-9,12,14,17-18H,3-7,10-11H2,1-2H3. The van der Waals surface area contributed by atoms with Crippen LogP contribution in [-0.4, -0.2) is 38.2 Å². The van der Waals surface area contributed by atoms with Crippen molar-refractivity contribution in [2.24, 2.45) is 0 Å². The van der Waals surface area contributed by atoms with Crippen LogP contribution in [0.1, 0.15) is 42.9 Å². The zero-order chi connectivity index (χ0) is 13.9. The molecule has 1 N–H and O–H groups in total. The molecule has 2 aliphatic carbocycles. The smallest absolute Gasteiger partial charge is 0.119 e. The predicted octanol–water partition coefficient (Wildman–Crippen LogP) is 2.76. The van der Waals surface area contributed by atoms with Crippen LogP contribution in [0, 0.1) is 0 Å². The summed E-state index contributed by atoms with van der Waals surface area (Å²) in [5, 5.41) is 3.75. The normalized spacial score (nSPS) is 21.9. The zero-order valence-electron chi connectivity index (χ0n) is 12.7. The minimum atomic E-state index is 0.525. The van der Waals surface area contributed by atoms with E-state index in [1.165, 1.54) is 43.2 Å². The summed E-state index contributed by atoms with van der Waals surface area (Å²) in [4.78, 5) is 2.49. The van der Waals surface area contributed by atoms with E-state index in [-0.39, 0.29) is 0 Å². The van der Waals surface area contributed by atoms with E-state index in [1.54, 1.807) is 7.11 Å². The highest BCUT2D eigenvalue weighted by atomic mass is 16.5. The van der Waals surface area contributed by atoms with Crippen molar-refractivity contribution >= 4 is 0 Å². The van der Waals surface area contributed by atoms with Gasteiger partial charge < -0.3 is 15.0 Å². The maximum Gasteiger partial charge on any atom is 0.119 e. The fraction of sp³-hybridized carbons (Fsp3) is 0.647. The number of ether oxygens (including phenoxy) is 1. The Morgan fingerprint density at radius 3 is 2.90 bits per heavy atom. The fourth-order valence-corrected chi connectivity index (χ4v) is 3.24. The lowest BCUT2D eigenvalue weighted by Gasteiger charge is -2.28. The molecule has 3 rings (SSSR count). The Kier molecular flexibility index (Phi) is 4.27. The van der Waals surface area contributed by atoms with E-state index < -0.39 is 0 Å². The molecule has 20 heavy (non-hydrogen) atoms. The SMILES string of the molecule is COc1ccc2c(c1)CCCC2NCCN(C)C1CC1. The van der Waals surface area contributed by atoms with Crippen LogP contribution >= 0.6 is 0 Å². The molecule has 0 heterocycles. The van der Waals surface area contributed by atoms with Crippen molar-refractivity contribution in [3.05, 3.63) is 29.3 Å². The first kappa shape index (κ1) is 13.9. The van der Waals surface area contributed by atoms with E-state index in [0.29, 0.717) is 6.04 Å². The Bertz CT molecular complexity index is 456. The van der Waals surface area contributed by atoms with Gasteiger partial charge >= 0.3 is 0 Å². The number of hydrogen-bond acceptors (Lipinski definition) is 3. The first-order chi connectivity index (χ1) is 9.78. The van der Waals surface area contributed by atoms with Crippen molar-refractivity contribution in [1.29, 1.82) is 0 Å². The fourth-order valence-electron chi connectivity index (χ4n) is 3.24. The summed E-state index contributed by atoms with van der Waals surface area (Å²) in [6, 6.07) is 7.93. The highest BCUT2D eigenvalue weighted by Crippen LogP contribution is 2.32. The lowest BCUT2D eigenvalue weighted by Crippen LogP contribution is -2.34. The van der Waals surface area contributed by atoms with Gasteiger partial charge in [-0.15, -0.1) is 0 Å². The van der Waals surface area contributed by atoms with Gasteiger partial charge in [0.2, 0.25) is 0 Å². The molecule has 1 unspecified atom stereocenters. The van der Waals surface area contributed by atoms with Gasteiger partial charge in [0.05, 0.1) is 7.11 Å². The van der Waals surface area contributed by atoms with Crippen LogP contribution in [0.4, 0.5) is 0 Å². The van der Waals surface area contributed by atoms with Crippen LogP contribution in [0.5, 0.6) is 5.75 Å². The minimum Gasteiger partial charge on any atom is -0.497 e. The molecule has 0 saturated heterocycles. The Labute approximate surface area is 122 Å². The number of nitrogens with one attached hydrogen (secondary N) is 1. The Morgan fingerprint density at radius 2 is 2.15 bits per heavy atom. The predicted molar refractivity (Wildman–Crippen MR) is 82.3 cm³/mol. The summed E-state index contributed by atoms with van der Waals surface area (Å²) in [5.41, 5.74) is 2.94. The molecule has 0 amide bonds. The molecule has 0 bridgehead atoms. The summed E-state index contributed by atoms with van der Waals surface area (Å²) in [6.07, 6.45) is 6.50. The minimum absolute atomic E-state index is 0.525. The second-order valence-electron chi connectivity index (χ2n) is 6.18. The molecule has 0 radical (unpaired) electrons. The lowest BCUT2D eigenvalue weighted by molar-refractivity contribution is 0.310. The van der Waals surface area contributed by atoms with Gasteiger partial charge in [-0.2, -0.15) is 0 Å². The third-order valence-corrected chi connectivity index (χ3v) is 4.69. The number of methoxy groups -OCH3 is 1. The number of nitrogens with zero attached hydrogens (tertiary/aromatic N) is 1. The molecular formula is C17H26N2O. The van der Waals surface area contributed by atoms with Gasteiger partial charge in [0.15, 0.2) is 0 Å². The Morgan fingerprint density at radius 1 is 1.30 bits per heavy atom. The number of aryl methyl sites for hydroxylation is 1. The monoisotopic (exact) mass is 274 g/mol. The molecule has 3 nitrogen and oxygen atoms in total. The first-order valence-corrected chi connectivity index (χ1v) is 7.88. The molecule has 2 aliphatic rings. The molecule has 1 aromatic carbocycles. The summed E-state index contributed by atoms with van der Waals surface area (Å²) >= 11 is 0. The van der Waals surface area contributed by atoms with Crippen LogP contribution in [-0.2, 0) is 6.42 Å². The van der Waals surface area contributed by atoms with Crippen LogP contribution in [0.3, 0.4) is 0 Å². The van der Waals surface area contributed by atoms with E-state index in [4.69, 9.17) is 4.74 Å². The summed E-state index contributed by atoms with van der Waals surface area (Å²) in [6.45, 7) is 2.25. The molecule has 1 saturated carbocycles. The maximum atomic E-state index is 5.33. The van der Waals surface area contributed by atoms with E-state index in [1.807, 2.05) is 0 Å². The molecule has 110 valence electrons. The van der Waals surface area contributed by atoms with Crippen molar-refractivity contribution in [3.8, 4) is 5.75 Å². The van der Waals surface area contributed by atoms with E-state index in [9.17, 15) is 0 Å². The number of likely N-dealkylation sites (N-methyl/N-ethyl adjacent to an activating group) is 1. The van der Waals surface area contributed by atoms with Crippen molar-refractivity contribution in [2.75, 3.05) is 27.2 Å². The van der Waals surface area contributed by atoms with Gasteiger partial charge in [0.25, 0.3) is 0 Å². The molecule has 0 aromatic heterocycles. The molecule has 0 aliphatic heterocycles. The van der Waals surface area contributed by atoms with Crippen molar-refractivity contribution in [1.82, 2.24) is 10.2 Å². The van der Waals surface area contributed by atoms with Gasteiger partial charge in [0.1, 0.15) is 5.75 Å². The highest BCUT2D eigenvalue weighted by Gasteiger charge is 2.26. The van der Waals surface area contributed by atoms with Gasteiger partial charge in [-0.1, -0.05) is 6.07 Å². The van der Waals surface area contributed by atoms with Crippen LogP contribution in [0.25, 0.3) is 0 Å².